The molecular weight excluding hydrogens is 212 g/mol. The van der Waals surface area contributed by atoms with Crippen molar-refractivity contribution >= 4 is 16.9 Å². The predicted octanol–water partition coefficient (Wildman–Crippen LogP) is 1.33. The van der Waals surface area contributed by atoms with Crippen LogP contribution in [-0.4, -0.2) is 34.5 Å². The Morgan fingerprint density at radius 2 is 2.27 bits per heavy atom. The number of aliphatic imine (C=N–C) groups is 1. The van der Waals surface area contributed by atoms with Gasteiger partial charge in [0.05, 0.1) is 12.2 Å². The first-order valence-corrected chi connectivity index (χ1v) is 6.35. The molecule has 1 aliphatic rings. The highest BCUT2D eigenvalue weighted by Crippen LogP contribution is 2.28. The van der Waals surface area contributed by atoms with Crippen molar-refractivity contribution in [3.05, 3.63) is 0 Å². The highest BCUT2D eigenvalue weighted by Gasteiger charge is 2.29. The number of thioether (sulfide) groups is 1. The van der Waals surface area contributed by atoms with E-state index in [1.165, 1.54) is 11.8 Å². The van der Waals surface area contributed by atoms with Crippen LogP contribution in [-0.2, 0) is 4.74 Å². The molecule has 4 nitrogen and oxygen atoms in total. The Morgan fingerprint density at radius 3 is 2.87 bits per heavy atom. The van der Waals surface area contributed by atoms with E-state index in [0.717, 1.165) is 19.3 Å². The molecule has 0 aromatic heterocycles. The lowest BCUT2D eigenvalue weighted by molar-refractivity contribution is -0.0870. The van der Waals surface area contributed by atoms with Crippen molar-refractivity contribution in [2.45, 2.75) is 50.8 Å². The smallest absolute Gasteiger partial charge is 0.156 e. The van der Waals surface area contributed by atoms with Gasteiger partial charge in [-0.05, 0) is 26.2 Å². The molecule has 0 aromatic carbocycles. The van der Waals surface area contributed by atoms with Gasteiger partial charge in [-0.3, -0.25) is 4.99 Å². The van der Waals surface area contributed by atoms with Crippen molar-refractivity contribution in [1.29, 1.82) is 0 Å². The van der Waals surface area contributed by atoms with Crippen LogP contribution in [0.3, 0.4) is 0 Å². The van der Waals surface area contributed by atoms with Crippen LogP contribution in [0.1, 0.15) is 33.1 Å². The first kappa shape index (κ1) is 12.8. The topological polar surface area (TPSA) is 67.8 Å². The molecule has 1 heterocycles. The predicted molar refractivity (Wildman–Crippen MR) is 63.9 cm³/mol. The molecular formula is C10H20N2O2S. The highest BCUT2D eigenvalue weighted by atomic mass is 32.2. The molecule has 1 fully saturated rings. The number of hydrogen-bond donors (Lipinski definition) is 2. The van der Waals surface area contributed by atoms with E-state index in [4.69, 9.17) is 10.5 Å². The molecule has 88 valence electrons. The van der Waals surface area contributed by atoms with Crippen molar-refractivity contribution < 1.29 is 9.84 Å². The van der Waals surface area contributed by atoms with Gasteiger partial charge in [0.1, 0.15) is 5.44 Å². The van der Waals surface area contributed by atoms with E-state index >= 15 is 0 Å². The fourth-order valence-electron chi connectivity index (χ4n) is 1.63. The van der Waals surface area contributed by atoms with Crippen LogP contribution in [0.4, 0.5) is 0 Å². The quantitative estimate of drug-likeness (QED) is 0.569. The summed E-state index contributed by atoms with van der Waals surface area (Å²) in [6.07, 6.45) is 2.09. The van der Waals surface area contributed by atoms with Crippen LogP contribution >= 0.6 is 11.8 Å². The van der Waals surface area contributed by atoms with E-state index in [0.29, 0.717) is 11.7 Å². The van der Waals surface area contributed by atoms with Gasteiger partial charge in [-0.25, -0.2) is 0 Å². The summed E-state index contributed by atoms with van der Waals surface area (Å²) in [6, 6.07) is 0. The number of nitrogens with zero attached hydrogens (tertiary/aromatic N) is 1. The third-order valence-corrected chi connectivity index (χ3v) is 3.40. The molecule has 1 saturated heterocycles. The molecule has 3 N–H and O–H groups in total. The minimum atomic E-state index is -0.323. The van der Waals surface area contributed by atoms with Crippen LogP contribution in [0, 0.1) is 0 Å². The summed E-state index contributed by atoms with van der Waals surface area (Å²) in [7, 11) is 0. The number of aliphatic hydroxyl groups excluding tert-OH is 1. The maximum Gasteiger partial charge on any atom is 0.156 e. The van der Waals surface area contributed by atoms with Crippen LogP contribution in [0.25, 0.3) is 0 Å². The minimum Gasteiger partial charge on any atom is -0.390 e. The van der Waals surface area contributed by atoms with E-state index in [9.17, 15) is 5.11 Å². The van der Waals surface area contributed by atoms with Crippen LogP contribution in [0.15, 0.2) is 4.99 Å². The second kappa shape index (κ2) is 6.35. The van der Waals surface area contributed by atoms with Crippen LogP contribution in [0.5, 0.6) is 0 Å². The van der Waals surface area contributed by atoms with E-state index in [1.54, 1.807) is 0 Å². The van der Waals surface area contributed by atoms with Gasteiger partial charge in [-0.15, -0.1) is 0 Å². The molecule has 0 radical (unpaired) electrons. The molecule has 0 amide bonds. The van der Waals surface area contributed by atoms with Gasteiger partial charge in [0, 0.05) is 6.54 Å². The fourth-order valence-corrected chi connectivity index (χ4v) is 2.55. The molecule has 3 atom stereocenters. The maximum atomic E-state index is 9.63. The van der Waals surface area contributed by atoms with Gasteiger partial charge >= 0.3 is 0 Å². The third-order valence-electron chi connectivity index (χ3n) is 2.42. The highest BCUT2D eigenvalue weighted by molar-refractivity contribution is 8.14. The average molecular weight is 232 g/mol. The molecule has 0 spiro atoms. The molecule has 5 heteroatoms. The molecule has 1 unspecified atom stereocenters. The molecule has 1 rings (SSSR count). The molecule has 0 aliphatic carbocycles. The monoisotopic (exact) mass is 232 g/mol. The molecule has 0 bridgehead atoms. The van der Waals surface area contributed by atoms with E-state index in [1.807, 2.05) is 13.8 Å². The lowest BCUT2D eigenvalue weighted by atomic mass is 10.0. The summed E-state index contributed by atoms with van der Waals surface area (Å²) >= 11 is 1.46. The number of ether oxygens (including phenoxy) is 1. The van der Waals surface area contributed by atoms with Gasteiger partial charge in [0.25, 0.3) is 0 Å². The summed E-state index contributed by atoms with van der Waals surface area (Å²) in [5, 5.41) is 10.2. The zero-order chi connectivity index (χ0) is 11.3. The minimum absolute atomic E-state index is 0.0497. The molecule has 0 aromatic rings. The Bertz CT molecular complexity index is 223. The standard InChI is InChI=1S/C10H20N2O2S/c1-3-8-7(13)5-6-9(14-8)15-10(11)12-4-2/h7-9,13H,3-6H2,1-2H3,(H2,11,12)/t7-,8?,9+/m0/s1. The number of nitrogens with two attached hydrogens (primary N) is 1. The normalized spacial score (nSPS) is 33.0. The average Bonchev–Trinajstić information content (AvgIpc) is 2.21. The number of hydrogen-bond acceptors (Lipinski definition) is 4. The zero-order valence-electron chi connectivity index (χ0n) is 9.35. The largest absolute Gasteiger partial charge is 0.390 e. The molecule has 15 heavy (non-hydrogen) atoms. The van der Waals surface area contributed by atoms with Gasteiger partial charge in [-0.2, -0.15) is 0 Å². The van der Waals surface area contributed by atoms with Crippen molar-refractivity contribution in [3.63, 3.8) is 0 Å². The molecule has 0 saturated carbocycles. The van der Waals surface area contributed by atoms with Crippen molar-refractivity contribution in [2.75, 3.05) is 6.54 Å². The SMILES string of the molecule is CCN=C(N)S[C@@H]1CC[C@H](O)C(CC)O1. The van der Waals surface area contributed by atoms with Gasteiger partial charge < -0.3 is 15.6 Å². The van der Waals surface area contributed by atoms with Crippen LogP contribution in [0.2, 0.25) is 0 Å². The molecule has 1 aliphatic heterocycles. The van der Waals surface area contributed by atoms with Gasteiger partial charge in [-0.1, -0.05) is 18.7 Å². The summed E-state index contributed by atoms with van der Waals surface area (Å²) in [5.41, 5.74) is 5.76. The van der Waals surface area contributed by atoms with Gasteiger partial charge in [0.2, 0.25) is 0 Å². The zero-order valence-corrected chi connectivity index (χ0v) is 10.2. The van der Waals surface area contributed by atoms with Crippen molar-refractivity contribution in [3.8, 4) is 0 Å². The summed E-state index contributed by atoms with van der Waals surface area (Å²) in [5.74, 6) is 0. The van der Waals surface area contributed by atoms with E-state index in [2.05, 4.69) is 4.99 Å². The first-order valence-electron chi connectivity index (χ1n) is 5.47. The maximum absolute atomic E-state index is 9.63. The summed E-state index contributed by atoms with van der Waals surface area (Å²) in [6.45, 7) is 4.67. The van der Waals surface area contributed by atoms with Crippen molar-refractivity contribution in [1.82, 2.24) is 0 Å². The Labute approximate surface area is 95.3 Å². The van der Waals surface area contributed by atoms with Gasteiger partial charge in [0.15, 0.2) is 5.17 Å². The number of aliphatic hydroxyl groups is 1. The van der Waals surface area contributed by atoms with E-state index in [-0.39, 0.29) is 17.6 Å². The third kappa shape index (κ3) is 4.01. The Morgan fingerprint density at radius 1 is 1.53 bits per heavy atom. The lowest BCUT2D eigenvalue weighted by Gasteiger charge is -2.32. The Kier molecular flexibility index (Phi) is 5.42. The van der Waals surface area contributed by atoms with Crippen LogP contribution < -0.4 is 5.73 Å². The summed E-state index contributed by atoms with van der Waals surface area (Å²) < 4.78 is 5.72. The summed E-state index contributed by atoms with van der Waals surface area (Å²) in [4.78, 5) is 4.10. The second-order valence-corrected chi connectivity index (χ2v) is 4.77. The Balaban J connectivity index is 2.41. The Hall–Kier alpha value is -0.260. The lowest BCUT2D eigenvalue weighted by Crippen LogP contribution is -2.37. The van der Waals surface area contributed by atoms with Crippen molar-refractivity contribution in [2.24, 2.45) is 10.7 Å². The fraction of sp³-hybridized carbons (Fsp3) is 0.900. The van der Waals surface area contributed by atoms with E-state index < -0.39 is 0 Å². The number of rotatable bonds is 3. The number of amidine groups is 1. The second-order valence-electron chi connectivity index (χ2n) is 3.59. The first-order chi connectivity index (χ1) is 7.17.